The Kier molecular flexibility index (Phi) is 5.48. The van der Waals surface area contributed by atoms with Crippen molar-refractivity contribution in [3.8, 4) is 0 Å². The first kappa shape index (κ1) is 14.0. The first-order valence-electron chi connectivity index (χ1n) is 5.77. The summed E-state index contributed by atoms with van der Waals surface area (Å²) in [5, 5.41) is 8.63. The van der Waals surface area contributed by atoms with Gasteiger partial charge in [-0.1, -0.05) is 6.07 Å². The lowest BCUT2D eigenvalue weighted by Crippen LogP contribution is -2.24. The molecule has 0 unspecified atom stereocenters. The van der Waals surface area contributed by atoms with E-state index in [-0.39, 0.29) is 6.42 Å². The van der Waals surface area contributed by atoms with Crippen LogP contribution < -0.4 is 4.90 Å². The molecular formula is C13H18BrNO2. The van der Waals surface area contributed by atoms with Crippen LogP contribution in [0.1, 0.15) is 25.3 Å². The first-order valence-corrected chi connectivity index (χ1v) is 6.56. The molecule has 1 rings (SSSR count). The van der Waals surface area contributed by atoms with Crippen LogP contribution in [0.3, 0.4) is 0 Å². The van der Waals surface area contributed by atoms with Gasteiger partial charge in [-0.15, -0.1) is 0 Å². The highest BCUT2D eigenvalue weighted by Gasteiger charge is 2.08. The molecule has 0 aliphatic carbocycles. The minimum absolute atomic E-state index is 0.222. The van der Waals surface area contributed by atoms with Gasteiger partial charge in [0, 0.05) is 24.0 Å². The Morgan fingerprint density at radius 1 is 1.47 bits per heavy atom. The van der Waals surface area contributed by atoms with Crippen molar-refractivity contribution < 1.29 is 9.90 Å². The third-order valence-corrected chi connectivity index (χ3v) is 3.28. The number of carboxylic acids is 1. The SMILES string of the molecule is CCN(CCCC(=O)O)c1ccc(C)cc1Br. The summed E-state index contributed by atoms with van der Waals surface area (Å²) in [7, 11) is 0. The molecule has 0 aliphatic heterocycles. The van der Waals surface area contributed by atoms with E-state index in [9.17, 15) is 4.79 Å². The van der Waals surface area contributed by atoms with E-state index in [2.05, 4.69) is 52.9 Å². The topological polar surface area (TPSA) is 40.5 Å². The molecule has 1 aromatic rings. The van der Waals surface area contributed by atoms with Crippen LogP contribution >= 0.6 is 15.9 Å². The normalized spacial score (nSPS) is 10.3. The summed E-state index contributed by atoms with van der Waals surface area (Å²) in [4.78, 5) is 12.7. The lowest BCUT2D eigenvalue weighted by molar-refractivity contribution is -0.137. The molecule has 17 heavy (non-hydrogen) atoms. The Balaban J connectivity index is 2.69. The lowest BCUT2D eigenvalue weighted by atomic mass is 10.2. The van der Waals surface area contributed by atoms with E-state index >= 15 is 0 Å². The molecule has 0 aromatic heterocycles. The molecule has 0 bridgehead atoms. The fraction of sp³-hybridized carbons (Fsp3) is 0.462. The first-order chi connectivity index (χ1) is 8.04. The summed E-state index contributed by atoms with van der Waals surface area (Å²) in [6.07, 6.45) is 0.892. The third-order valence-electron chi connectivity index (χ3n) is 2.64. The molecule has 0 fully saturated rings. The van der Waals surface area contributed by atoms with Gasteiger partial charge in [0.1, 0.15) is 0 Å². The predicted octanol–water partition coefficient (Wildman–Crippen LogP) is 3.45. The number of anilines is 1. The van der Waals surface area contributed by atoms with Gasteiger partial charge < -0.3 is 10.0 Å². The van der Waals surface area contributed by atoms with E-state index in [1.54, 1.807) is 0 Å². The van der Waals surface area contributed by atoms with Gasteiger partial charge in [0.15, 0.2) is 0 Å². The summed E-state index contributed by atoms with van der Waals surface area (Å²) in [5.41, 5.74) is 2.34. The summed E-state index contributed by atoms with van der Waals surface area (Å²) in [6, 6.07) is 6.22. The van der Waals surface area contributed by atoms with Crippen LogP contribution in [0.2, 0.25) is 0 Å². The van der Waals surface area contributed by atoms with Gasteiger partial charge in [-0.2, -0.15) is 0 Å². The van der Waals surface area contributed by atoms with Gasteiger partial charge >= 0.3 is 5.97 Å². The van der Waals surface area contributed by atoms with Crippen molar-refractivity contribution in [2.24, 2.45) is 0 Å². The highest BCUT2D eigenvalue weighted by atomic mass is 79.9. The Morgan fingerprint density at radius 3 is 2.71 bits per heavy atom. The number of benzene rings is 1. The zero-order valence-electron chi connectivity index (χ0n) is 10.2. The monoisotopic (exact) mass is 299 g/mol. The number of aliphatic carboxylic acids is 1. The molecule has 0 saturated heterocycles. The standard InChI is InChI=1S/C13H18BrNO2/c1-3-15(8-4-5-13(16)17)12-7-6-10(2)9-11(12)14/h6-7,9H,3-5,8H2,1-2H3,(H,16,17). The van der Waals surface area contributed by atoms with Crippen LogP contribution in [-0.4, -0.2) is 24.2 Å². The lowest BCUT2D eigenvalue weighted by Gasteiger charge is -2.24. The van der Waals surface area contributed by atoms with Crippen molar-refractivity contribution in [2.75, 3.05) is 18.0 Å². The predicted molar refractivity (Wildman–Crippen MR) is 73.6 cm³/mol. The Morgan fingerprint density at radius 2 is 2.18 bits per heavy atom. The number of carboxylic acid groups (broad SMARTS) is 1. The fourth-order valence-electron chi connectivity index (χ4n) is 1.74. The van der Waals surface area contributed by atoms with E-state index in [1.165, 1.54) is 5.56 Å². The Labute approximate surface area is 111 Å². The van der Waals surface area contributed by atoms with Gasteiger partial charge in [0.25, 0.3) is 0 Å². The van der Waals surface area contributed by atoms with Crippen molar-refractivity contribution in [1.82, 2.24) is 0 Å². The van der Waals surface area contributed by atoms with Crippen molar-refractivity contribution in [1.29, 1.82) is 0 Å². The Hall–Kier alpha value is -1.03. The minimum Gasteiger partial charge on any atom is -0.481 e. The second-order valence-electron chi connectivity index (χ2n) is 4.03. The second-order valence-corrected chi connectivity index (χ2v) is 4.89. The molecule has 0 aliphatic rings. The molecule has 3 nitrogen and oxygen atoms in total. The number of rotatable bonds is 6. The van der Waals surface area contributed by atoms with Crippen LogP contribution in [0.4, 0.5) is 5.69 Å². The zero-order chi connectivity index (χ0) is 12.8. The number of halogens is 1. The van der Waals surface area contributed by atoms with Gasteiger partial charge in [-0.3, -0.25) is 4.79 Å². The molecule has 0 atom stereocenters. The maximum absolute atomic E-state index is 10.5. The number of hydrogen-bond donors (Lipinski definition) is 1. The molecular weight excluding hydrogens is 282 g/mol. The van der Waals surface area contributed by atoms with E-state index < -0.39 is 5.97 Å². The average Bonchev–Trinajstić information content (AvgIpc) is 2.25. The number of carbonyl (C=O) groups is 1. The average molecular weight is 300 g/mol. The van der Waals surface area contributed by atoms with Crippen LogP contribution in [0.25, 0.3) is 0 Å². The largest absolute Gasteiger partial charge is 0.481 e. The zero-order valence-corrected chi connectivity index (χ0v) is 11.8. The molecule has 0 amide bonds. The van der Waals surface area contributed by atoms with Crippen LogP contribution in [-0.2, 0) is 4.79 Å². The number of nitrogens with zero attached hydrogens (tertiary/aromatic N) is 1. The van der Waals surface area contributed by atoms with Crippen molar-refractivity contribution >= 4 is 27.6 Å². The highest BCUT2D eigenvalue weighted by Crippen LogP contribution is 2.27. The van der Waals surface area contributed by atoms with E-state index in [0.717, 1.165) is 23.2 Å². The van der Waals surface area contributed by atoms with Gasteiger partial charge in [0.2, 0.25) is 0 Å². The molecule has 0 saturated carbocycles. The molecule has 94 valence electrons. The molecule has 0 spiro atoms. The number of hydrogen-bond acceptors (Lipinski definition) is 2. The summed E-state index contributed by atoms with van der Waals surface area (Å²) >= 11 is 3.55. The maximum Gasteiger partial charge on any atom is 0.303 e. The van der Waals surface area contributed by atoms with Crippen LogP contribution in [0, 0.1) is 6.92 Å². The van der Waals surface area contributed by atoms with Crippen molar-refractivity contribution in [3.05, 3.63) is 28.2 Å². The Bertz CT molecular complexity index is 393. The van der Waals surface area contributed by atoms with E-state index in [1.807, 2.05) is 0 Å². The van der Waals surface area contributed by atoms with Gasteiger partial charge in [-0.25, -0.2) is 0 Å². The maximum atomic E-state index is 10.5. The van der Waals surface area contributed by atoms with Gasteiger partial charge in [-0.05, 0) is 53.9 Å². The highest BCUT2D eigenvalue weighted by molar-refractivity contribution is 9.10. The molecule has 0 radical (unpaired) electrons. The van der Waals surface area contributed by atoms with E-state index in [0.29, 0.717) is 6.42 Å². The molecule has 1 aromatic carbocycles. The third kappa shape index (κ3) is 4.38. The van der Waals surface area contributed by atoms with Crippen LogP contribution in [0.5, 0.6) is 0 Å². The summed E-state index contributed by atoms with van der Waals surface area (Å²) in [6.45, 7) is 5.77. The molecule has 4 heteroatoms. The van der Waals surface area contributed by atoms with Crippen molar-refractivity contribution in [2.45, 2.75) is 26.7 Å². The van der Waals surface area contributed by atoms with E-state index in [4.69, 9.17) is 5.11 Å². The molecule has 0 heterocycles. The minimum atomic E-state index is -0.732. The smallest absolute Gasteiger partial charge is 0.303 e. The van der Waals surface area contributed by atoms with Crippen molar-refractivity contribution in [3.63, 3.8) is 0 Å². The second kappa shape index (κ2) is 6.64. The molecule has 1 N–H and O–H groups in total. The summed E-state index contributed by atoms with van der Waals surface area (Å²) in [5.74, 6) is -0.732. The fourth-order valence-corrected chi connectivity index (χ4v) is 2.48. The number of aryl methyl sites for hydroxylation is 1. The quantitative estimate of drug-likeness (QED) is 0.875. The van der Waals surface area contributed by atoms with Crippen LogP contribution in [0.15, 0.2) is 22.7 Å². The summed E-state index contributed by atoms with van der Waals surface area (Å²) < 4.78 is 1.06. The van der Waals surface area contributed by atoms with Gasteiger partial charge in [0.05, 0.1) is 5.69 Å².